The van der Waals surface area contributed by atoms with E-state index in [0.29, 0.717) is 17.7 Å². The van der Waals surface area contributed by atoms with Gasteiger partial charge in [0, 0.05) is 31.3 Å². The van der Waals surface area contributed by atoms with Crippen LogP contribution in [0.3, 0.4) is 0 Å². The van der Waals surface area contributed by atoms with Crippen LogP contribution in [0.1, 0.15) is 59.1 Å². The highest BCUT2D eigenvalue weighted by Crippen LogP contribution is 2.35. The van der Waals surface area contributed by atoms with Crippen molar-refractivity contribution in [2.45, 2.75) is 57.1 Å². The average Bonchev–Trinajstić information content (AvgIpc) is 3.11. The van der Waals surface area contributed by atoms with Crippen LogP contribution >= 0.6 is 0 Å². The van der Waals surface area contributed by atoms with Crippen molar-refractivity contribution in [2.24, 2.45) is 0 Å². The zero-order valence-corrected chi connectivity index (χ0v) is 25.1. The number of carbonyl (C=O) groups is 1. The van der Waals surface area contributed by atoms with Crippen LogP contribution in [0.2, 0.25) is 0 Å². The van der Waals surface area contributed by atoms with Crippen molar-refractivity contribution in [3.05, 3.63) is 113 Å². The van der Waals surface area contributed by atoms with Gasteiger partial charge in [-0.3, -0.25) is 9.78 Å². The summed E-state index contributed by atoms with van der Waals surface area (Å²) in [6.07, 6.45) is 5.16. The van der Waals surface area contributed by atoms with Gasteiger partial charge in [0.05, 0.1) is 30.1 Å². The predicted molar refractivity (Wildman–Crippen MR) is 163 cm³/mol. The lowest BCUT2D eigenvalue weighted by atomic mass is 9.84. The fourth-order valence-corrected chi connectivity index (χ4v) is 6.85. The highest BCUT2D eigenvalue weighted by molar-refractivity contribution is 7.89. The molecule has 2 atom stereocenters. The largest absolute Gasteiger partial charge is 0.472 e. The Labute approximate surface area is 252 Å². The molecule has 1 N–H and O–H groups in total. The van der Waals surface area contributed by atoms with Crippen LogP contribution in [-0.2, 0) is 21.4 Å². The fourth-order valence-electron chi connectivity index (χ4n) is 5.33. The Hall–Kier alpha value is -4.59. The summed E-state index contributed by atoms with van der Waals surface area (Å²) in [5, 5.41) is 12.3. The van der Waals surface area contributed by atoms with Crippen molar-refractivity contribution in [3.8, 4) is 11.9 Å². The molecule has 9 nitrogen and oxygen atoms in total. The van der Waals surface area contributed by atoms with Crippen molar-refractivity contribution in [2.75, 3.05) is 11.9 Å². The highest BCUT2D eigenvalue weighted by atomic mass is 32.2. The van der Waals surface area contributed by atoms with Crippen LogP contribution in [-0.4, -0.2) is 41.2 Å². The van der Waals surface area contributed by atoms with Crippen molar-refractivity contribution < 1.29 is 17.9 Å². The molecule has 2 aromatic heterocycles. The van der Waals surface area contributed by atoms with E-state index in [9.17, 15) is 18.5 Å². The summed E-state index contributed by atoms with van der Waals surface area (Å²) in [6.45, 7) is 6.15. The van der Waals surface area contributed by atoms with E-state index in [1.807, 2.05) is 51.1 Å². The molecule has 5 rings (SSSR count). The average molecular weight is 596 g/mol. The van der Waals surface area contributed by atoms with E-state index in [4.69, 9.17) is 4.74 Å². The monoisotopic (exact) mass is 595 g/mol. The zero-order chi connectivity index (χ0) is 30.6. The number of aromatic nitrogens is 2. The Morgan fingerprint density at radius 3 is 2.65 bits per heavy atom. The summed E-state index contributed by atoms with van der Waals surface area (Å²) in [7, 11) is -3.89. The molecule has 1 unspecified atom stereocenters. The van der Waals surface area contributed by atoms with E-state index in [0.717, 1.165) is 27.8 Å². The number of rotatable bonds is 8. The normalized spacial score (nSPS) is 16.7. The topological polar surface area (TPSA) is 125 Å². The van der Waals surface area contributed by atoms with Gasteiger partial charge in [0.25, 0.3) is 0 Å². The van der Waals surface area contributed by atoms with Crippen molar-refractivity contribution in [3.63, 3.8) is 0 Å². The van der Waals surface area contributed by atoms with Crippen molar-refractivity contribution in [1.29, 1.82) is 5.26 Å². The maximum atomic E-state index is 13.8. The first-order valence-corrected chi connectivity index (χ1v) is 15.6. The Kier molecular flexibility index (Phi) is 8.85. The molecule has 43 heavy (non-hydrogen) atoms. The van der Waals surface area contributed by atoms with E-state index < -0.39 is 10.0 Å². The summed E-state index contributed by atoms with van der Waals surface area (Å²) in [5.41, 5.74) is 5.57. The molecule has 1 aliphatic heterocycles. The van der Waals surface area contributed by atoms with E-state index in [1.54, 1.807) is 36.7 Å². The molecule has 3 heterocycles. The summed E-state index contributed by atoms with van der Waals surface area (Å²) < 4.78 is 35.0. The number of benzene rings is 2. The molecule has 0 radical (unpaired) electrons. The van der Waals surface area contributed by atoms with Crippen LogP contribution in [0.4, 0.5) is 5.69 Å². The number of sulfonamides is 1. The van der Waals surface area contributed by atoms with Gasteiger partial charge in [-0.1, -0.05) is 31.2 Å². The number of nitriles is 1. The Morgan fingerprint density at radius 1 is 1.12 bits per heavy atom. The van der Waals surface area contributed by atoms with Gasteiger partial charge in [0.1, 0.15) is 11.0 Å². The molecule has 0 bridgehead atoms. The third kappa shape index (κ3) is 6.58. The van der Waals surface area contributed by atoms with E-state index in [1.165, 1.54) is 16.6 Å². The van der Waals surface area contributed by atoms with Crippen LogP contribution < -0.4 is 10.1 Å². The summed E-state index contributed by atoms with van der Waals surface area (Å²) in [4.78, 5) is 21.6. The van der Waals surface area contributed by atoms with Gasteiger partial charge in [0.15, 0.2) is 0 Å². The number of pyridine rings is 2. The van der Waals surface area contributed by atoms with Crippen LogP contribution in [0, 0.1) is 25.2 Å². The van der Waals surface area contributed by atoms with Crippen LogP contribution in [0.25, 0.3) is 0 Å². The van der Waals surface area contributed by atoms with Crippen molar-refractivity contribution >= 4 is 21.6 Å². The zero-order valence-electron chi connectivity index (χ0n) is 24.3. The first kappa shape index (κ1) is 29.9. The first-order valence-electron chi connectivity index (χ1n) is 14.1. The minimum atomic E-state index is -3.89. The molecule has 4 aromatic rings. The summed E-state index contributed by atoms with van der Waals surface area (Å²) >= 11 is 0. The Balaban J connectivity index is 1.52. The van der Waals surface area contributed by atoms with Gasteiger partial charge in [-0.15, -0.1) is 0 Å². The molecular weight excluding hydrogens is 562 g/mol. The molecule has 0 saturated heterocycles. The van der Waals surface area contributed by atoms with Crippen LogP contribution in [0.15, 0.2) is 84.1 Å². The number of carbonyl (C=O) groups excluding carboxylic acids is 1. The third-order valence-electron chi connectivity index (χ3n) is 7.73. The number of anilines is 1. The molecule has 0 saturated carbocycles. The predicted octanol–water partition coefficient (Wildman–Crippen LogP) is 5.49. The van der Waals surface area contributed by atoms with Gasteiger partial charge in [-0.05, 0) is 84.5 Å². The molecule has 1 amide bonds. The SMILES string of the molecule is CC[C@@H]1CN(Cc2cc(C(CC(=O)Nc3cccnc3)c3ccc(C#N)cc3C)ccc2C)S(=O)(=O)c2cccnc2O1. The maximum absolute atomic E-state index is 13.8. The number of amides is 1. The minimum Gasteiger partial charge on any atom is -0.472 e. The molecule has 0 fully saturated rings. The fraction of sp³-hybridized carbons (Fsp3) is 0.273. The third-order valence-corrected chi connectivity index (χ3v) is 9.55. The number of hydrogen-bond acceptors (Lipinski definition) is 7. The quantitative estimate of drug-likeness (QED) is 0.286. The van der Waals surface area contributed by atoms with Gasteiger partial charge in [0.2, 0.25) is 21.8 Å². The summed E-state index contributed by atoms with van der Waals surface area (Å²) in [6, 6.07) is 20.2. The van der Waals surface area contributed by atoms with Gasteiger partial charge < -0.3 is 10.1 Å². The second-order valence-corrected chi connectivity index (χ2v) is 12.6. The number of nitrogens with zero attached hydrogens (tertiary/aromatic N) is 4. The van der Waals surface area contributed by atoms with Crippen LogP contribution in [0.5, 0.6) is 5.88 Å². The number of ether oxygens (including phenoxy) is 1. The van der Waals surface area contributed by atoms with E-state index in [2.05, 4.69) is 21.4 Å². The molecule has 0 spiro atoms. The lowest BCUT2D eigenvalue weighted by Crippen LogP contribution is -2.36. The standard InChI is InChI=1S/C33H33N5O4S/c1-4-28-21-38(43(40,41)31-8-6-14-36-33(31)42-28)20-26-16-25(11-9-22(26)2)30(29-12-10-24(18-34)15-23(29)3)17-32(39)37-27-7-5-13-35-19-27/h5-16,19,28,30H,4,17,20-21H2,1-3H3,(H,37,39)/t28-,30?/m1/s1. The minimum absolute atomic E-state index is 0.0536. The number of fused-ring (bicyclic) bond motifs is 1. The molecule has 1 aliphatic rings. The first-order chi connectivity index (χ1) is 20.7. The number of hydrogen-bond donors (Lipinski definition) is 1. The van der Waals surface area contributed by atoms with E-state index in [-0.39, 0.29) is 48.2 Å². The highest BCUT2D eigenvalue weighted by Gasteiger charge is 2.35. The second kappa shape index (κ2) is 12.7. The molecule has 10 heteroatoms. The van der Waals surface area contributed by atoms with Crippen molar-refractivity contribution in [1.82, 2.24) is 14.3 Å². The Bertz CT molecular complexity index is 1790. The molecule has 220 valence electrons. The van der Waals surface area contributed by atoms with Gasteiger partial charge in [-0.25, -0.2) is 13.4 Å². The number of nitrogens with one attached hydrogen (secondary N) is 1. The Morgan fingerprint density at radius 2 is 1.93 bits per heavy atom. The summed E-state index contributed by atoms with van der Waals surface area (Å²) in [5.74, 6) is -0.412. The van der Waals surface area contributed by atoms with Gasteiger partial charge >= 0.3 is 0 Å². The second-order valence-electron chi connectivity index (χ2n) is 10.7. The lowest BCUT2D eigenvalue weighted by molar-refractivity contribution is -0.116. The maximum Gasteiger partial charge on any atom is 0.248 e. The molecular formula is C33H33N5O4S. The molecule has 2 aromatic carbocycles. The lowest BCUT2D eigenvalue weighted by Gasteiger charge is -2.25. The van der Waals surface area contributed by atoms with Gasteiger partial charge in [-0.2, -0.15) is 9.57 Å². The smallest absolute Gasteiger partial charge is 0.248 e. The molecule has 0 aliphatic carbocycles. The number of aryl methyl sites for hydroxylation is 2. The van der Waals surface area contributed by atoms with E-state index >= 15 is 0 Å².